The van der Waals surface area contributed by atoms with Crippen molar-refractivity contribution in [3.63, 3.8) is 0 Å². The average molecular weight is 482 g/mol. The SMILES string of the molecule is CCOC(=O)[C@@]12CC(=O)CC[C@@]13c1cc(OC)c(OC)cc1CCN3C(=O)[C@H]2OS(C)(=O)=O. The van der Waals surface area contributed by atoms with Crippen LogP contribution in [0.5, 0.6) is 11.5 Å². The van der Waals surface area contributed by atoms with Crippen LogP contribution < -0.4 is 9.47 Å². The Morgan fingerprint density at radius 1 is 1.15 bits per heavy atom. The summed E-state index contributed by atoms with van der Waals surface area (Å²) in [6.07, 6.45) is -0.582. The fourth-order valence-corrected chi connectivity index (χ4v) is 6.38. The molecule has 2 aliphatic heterocycles. The molecule has 2 fully saturated rings. The number of hydrogen-bond donors (Lipinski definition) is 0. The summed E-state index contributed by atoms with van der Waals surface area (Å²) in [5.74, 6) is -0.864. The van der Waals surface area contributed by atoms with Gasteiger partial charge in [-0.3, -0.25) is 18.6 Å². The molecule has 3 aliphatic rings. The number of carbonyl (C=O) groups excluding carboxylic acids is 3. The van der Waals surface area contributed by atoms with Crippen molar-refractivity contribution >= 4 is 27.8 Å². The maximum atomic E-state index is 13.6. The van der Waals surface area contributed by atoms with Crippen molar-refractivity contribution < 1.29 is 41.2 Å². The number of methoxy groups -OCH3 is 2. The predicted octanol–water partition coefficient (Wildman–Crippen LogP) is 0.945. The van der Waals surface area contributed by atoms with Crippen LogP contribution in [0.3, 0.4) is 0 Å². The highest BCUT2D eigenvalue weighted by molar-refractivity contribution is 7.86. The zero-order chi connectivity index (χ0) is 24.2. The van der Waals surface area contributed by atoms with Crippen molar-refractivity contribution in [3.8, 4) is 11.5 Å². The van der Waals surface area contributed by atoms with Crippen LogP contribution in [-0.4, -0.2) is 70.7 Å². The van der Waals surface area contributed by atoms with Crippen LogP contribution in [-0.2, 0) is 45.4 Å². The van der Waals surface area contributed by atoms with Gasteiger partial charge in [-0.15, -0.1) is 0 Å². The van der Waals surface area contributed by atoms with Crippen LogP contribution in [0, 0.1) is 5.41 Å². The first-order valence-corrected chi connectivity index (χ1v) is 12.5. The summed E-state index contributed by atoms with van der Waals surface area (Å²) in [6, 6.07) is 3.50. The molecule has 2 heterocycles. The van der Waals surface area contributed by atoms with Crippen molar-refractivity contribution in [2.75, 3.05) is 33.6 Å². The molecule has 0 radical (unpaired) electrons. The van der Waals surface area contributed by atoms with Gasteiger partial charge in [0.2, 0.25) is 0 Å². The van der Waals surface area contributed by atoms with Crippen molar-refractivity contribution in [2.45, 2.75) is 44.2 Å². The number of esters is 1. The molecule has 1 saturated heterocycles. The van der Waals surface area contributed by atoms with E-state index < -0.39 is 39.1 Å². The molecule has 0 bridgehead atoms. The summed E-state index contributed by atoms with van der Waals surface area (Å²) in [7, 11) is -1.17. The highest BCUT2D eigenvalue weighted by atomic mass is 32.2. The van der Waals surface area contributed by atoms with E-state index in [0.29, 0.717) is 23.5 Å². The molecule has 1 saturated carbocycles. The minimum atomic E-state index is -4.15. The van der Waals surface area contributed by atoms with E-state index in [1.165, 1.54) is 19.1 Å². The van der Waals surface area contributed by atoms with Gasteiger partial charge in [0.1, 0.15) is 11.2 Å². The third-order valence-corrected chi connectivity index (χ3v) is 7.49. The molecule has 0 N–H and O–H groups in total. The smallest absolute Gasteiger partial charge is 0.318 e. The third kappa shape index (κ3) is 3.23. The highest BCUT2D eigenvalue weighted by Crippen LogP contribution is 2.64. The number of hydrogen-bond acceptors (Lipinski definition) is 9. The number of amides is 1. The predicted molar refractivity (Wildman–Crippen MR) is 114 cm³/mol. The van der Waals surface area contributed by atoms with Gasteiger partial charge in [-0.2, -0.15) is 8.42 Å². The summed E-state index contributed by atoms with van der Waals surface area (Å²) in [4.78, 5) is 41.5. The molecule has 0 aromatic heterocycles. The van der Waals surface area contributed by atoms with Crippen LogP contribution >= 0.6 is 0 Å². The van der Waals surface area contributed by atoms with E-state index in [-0.39, 0.29) is 38.2 Å². The van der Waals surface area contributed by atoms with E-state index in [4.69, 9.17) is 18.4 Å². The Labute approximate surface area is 192 Å². The van der Waals surface area contributed by atoms with E-state index in [0.717, 1.165) is 11.8 Å². The molecular weight excluding hydrogens is 454 g/mol. The number of rotatable bonds is 6. The van der Waals surface area contributed by atoms with Gasteiger partial charge in [0, 0.05) is 19.4 Å². The topological polar surface area (TPSA) is 126 Å². The fourth-order valence-electron chi connectivity index (χ4n) is 5.79. The lowest BCUT2D eigenvalue weighted by atomic mass is 9.56. The Morgan fingerprint density at radius 2 is 1.82 bits per heavy atom. The fraction of sp³-hybridized carbons (Fsp3) is 0.591. The lowest BCUT2D eigenvalue weighted by Gasteiger charge is -2.53. The molecule has 4 rings (SSSR count). The minimum absolute atomic E-state index is 0.0105. The van der Waals surface area contributed by atoms with E-state index in [9.17, 15) is 22.8 Å². The highest BCUT2D eigenvalue weighted by Gasteiger charge is 2.77. The Kier molecular flexibility index (Phi) is 5.68. The Balaban J connectivity index is 2.07. The number of ketones is 1. The van der Waals surface area contributed by atoms with Crippen LogP contribution in [0.2, 0.25) is 0 Å². The standard InChI is InChI=1S/C22H27NO9S/c1-5-31-20(26)21-12-14(24)6-8-22(21)15-11-17(30-3)16(29-2)10-13(15)7-9-23(22)19(25)18(21)32-33(4,27)28/h10-11,18H,5-9,12H2,1-4H3/t18-,21+,22-/m1/s1. The first-order chi connectivity index (χ1) is 15.6. The molecular formula is C22H27NO9S. The maximum absolute atomic E-state index is 13.6. The third-order valence-electron chi connectivity index (χ3n) is 6.95. The quantitative estimate of drug-likeness (QED) is 0.431. The molecule has 11 heteroatoms. The maximum Gasteiger partial charge on any atom is 0.318 e. The van der Waals surface area contributed by atoms with Crippen LogP contribution in [0.4, 0.5) is 0 Å². The second kappa shape index (κ2) is 7.98. The Morgan fingerprint density at radius 3 is 2.42 bits per heavy atom. The van der Waals surface area contributed by atoms with Gasteiger partial charge in [-0.25, -0.2) is 0 Å². The number of fused-ring (bicyclic) bond motifs is 1. The van der Waals surface area contributed by atoms with Crippen LogP contribution in [0.15, 0.2) is 12.1 Å². The zero-order valence-corrected chi connectivity index (χ0v) is 19.8. The largest absolute Gasteiger partial charge is 0.493 e. The number of Topliss-reactive ketones (excluding diaryl/α,β-unsaturated/α-hetero) is 1. The first-order valence-electron chi connectivity index (χ1n) is 10.7. The second-order valence-corrected chi connectivity index (χ2v) is 10.2. The Bertz CT molecular complexity index is 1130. The molecule has 10 nitrogen and oxygen atoms in total. The monoisotopic (exact) mass is 481 g/mol. The lowest BCUT2D eigenvalue weighted by Crippen LogP contribution is -2.62. The van der Waals surface area contributed by atoms with Crippen molar-refractivity contribution in [1.29, 1.82) is 0 Å². The molecule has 1 aliphatic carbocycles. The van der Waals surface area contributed by atoms with Gasteiger partial charge >= 0.3 is 5.97 Å². The molecule has 1 amide bonds. The van der Waals surface area contributed by atoms with Crippen LogP contribution in [0.1, 0.15) is 37.3 Å². The van der Waals surface area contributed by atoms with E-state index >= 15 is 0 Å². The summed E-state index contributed by atoms with van der Waals surface area (Å²) in [5.41, 5.74) is -1.76. The van der Waals surface area contributed by atoms with Gasteiger partial charge in [-0.1, -0.05) is 0 Å². The normalized spacial score (nSPS) is 28.6. The molecule has 180 valence electrons. The lowest BCUT2D eigenvalue weighted by molar-refractivity contribution is -0.175. The average Bonchev–Trinajstić information content (AvgIpc) is 2.97. The van der Waals surface area contributed by atoms with E-state index in [1.807, 2.05) is 0 Å². The molecule has 3 atom stereocenters. The molecule has 33 heavy (non-hydrogen) atoms. The zero-order valence-electron chi connectivity index (χ0n) is 19.0. The summed E-state index contributed by atoms with van der Waals surface area (Å²) in [5, 5.41) is 0. The molecule has 1 aromatic carbocycles. The van der Waals surface area contributed by atoms with Gasteiger partial charge in [0.15, 0.2) is 17.6 Å². The number of nitrogens with zero attached hydrogens (tertiary/aromatic N) is 1. The minimum Gasteiger partial charge on any atom is -0.493 e. The van der Waals surface area contributed by atoms with Gasteiger partial charge in [-0.05, 0) is 43.0 Å². The van der Waals surface area contributed by atoms with Crippen LogP contribution in [0.25, 0.3) is 0 Å². The van der Waals surface area contributed by atoms with Crippen molar-refractivity contribution in [2.24, 2.45) is 5.41 Å². The summed E-state index contributed by atoms with van der Waals surface area (Å²) < 4.78 is 45.9. The molecule has 0 unspecified atom stereocenters. The molecule has 1 aromatic rings. The Hall–Kier alpha value is -2.66. The van der Waals surface area contributed by atoms with E-state index in [1.54, 1.807) is 19.1 Å². The number of carbonyl (C=O) groups is 3. The number of benzene rings is 1. The molecule has 1 spiro atoms. The van der Waals surface area contributed by atoms with Crippen molar-refractivity contribution in [3.05, 3.63) is 23.3 Å². The van der Waals surface area contributed by atoms with Gasteiger partial charge < -0.3 is 19.1 Å². The van der Waals surface area contributed by atoms with Gasteiger partial charge in [0.25, 0.3) is 16.0 Å². The van der Waals surface area contributed by atoms with Gasteiger partial charge in [0.05, 0.1) is 32.6 Å². The van der Waals surface area contributed by atoms with Crippen molar-refractivity contribution in [1.82, 2.24) is 4.90 Å². The second-order valence-electron chi connectivity index (χ2n) is 8.55. The first kappa shape index (κ1) is 23.5. The number of ether oxygens (including phenoxy) is 3. The summed E-state index contributed by atoms with van der Waals surface area (Å²) >= 11 is 0. The summed E-state index contributed by atoms with van der Waals surface area (Å²) in [6.45, 7) is 1.82. The van der Waals surface area contributed by atoms with E-state index in [2.05, 4.69) is 0 Å².